The third kappa shape index (κ3) is 1.76. The minimum absolute atomic E-state index is 0.0562. The van der Waals surface area contributed by atoms with Gasteiger partial charge in [0.15, 0.2) is 0 Å². The van der Waals surface area contributed by atoms with E-state index in [1.807, 2.05) is 24.3 Å². The molecule has 2 aromatic carbocycles. The fourth-order valence-electron chi connectivity index (χ4n) is 1.99. The highest BCUT2D eigenvalue weighted by atomic mass is 19.1. The minimum atomic E-state index is -0.534. The predicted molar refractivity (Wildman–Crippen MR) is 65.2 cm³/mol. The summed E-state index contributed by atoms with van der Waals surface area (Å²) in [6, 6.07) is 11.4. The molecule has 18 heavy (non-hydrogen) atoms. The third-order valence-electron chi connectivity index (χ3n) is 2.92. The number of nitrogens with zero attached hydrogens (tertiary/aromatic N) is 2. The van der Waals surface area contributed by atoms with Crippen molar-refractivity contribution < 1.29 is 8.78 Å². The Morgan fingerprint density at radius 3 is 2.44 bits per heavy atom. The van der Waals surface area contributed by atoms with Gasteiger partial charge < -0.3 is 4.57 Å². The molecule has 0 bridgehead atoms. The van der Waals surface area contributed by atoms with Crippen molar-refractivity contribution in [2.24, 2.45) is 0 Å². The Hall–Kier alpha value is -2.23. The van der Waals surface area contributed by atoms with Crippen LogP contribution in [0.2, 0.25) is 0 Å². The topological polar surface area (TPSA) is 17.8 Å². The zero-order valence-electron chi connectivity index (χ0n) is 9.48. The van der Waals surface area contributed by atoms with Crippen LogP contribution in [0.5, 0.6) is 0 Å². The first kappa shape index (κ1) is 10.9. The Morgan fingerprint density at radius 2 is 1.67 bits per heavy atom. The predicted octanol–water partition coefficient (Wildman–Crippen LogP) is 3.36. The van der Waals surface area contributed by atoms with Crippen LogP contribution >= 0.6 is 0 Å². The number of fused-ring (bicyclic) bond motifs is 1. The van der Waals surface area contributed by atoms with E-state index in [1.54, 1.807) is 10.9 Å². The lowest BCUT2D eigenvalue weighted by atomic mass is 10.2. The molecule has 1 heterocycles. The maximum atomic E-state index is 13.6. The summed E-state index contributed by atoms with van der Waals surface area (Å²) in [7, 11) is 0. The molecular weight excluding hydrogens is 234 g/mol. The zero-order chi connectivity index (χ0) is 12.5. The van der Waals surface area contributed by atoms with E-state index in [0.29, 0.717) is 0 Å². The lowest BCUT2D eigenvalue weighted by molar-refractivity contribution is 0.546. The number of aromatic nitrogens is 2. The summed E-state index contributed by atoms with van der Waals surface area (Å²) in [6.07, 6.45) is 1.59. The van der Waals surface area contributed by atoms with Crippen LogP contribution in [0.3, 0.4) is 0 Å². The van der Waals surface area contributed by atoms with Crippen LogP contribution in [0.25, 0.3) is 11.0 Å². The molecule has 0 amide bonds. The normalized spacial score (nSPS) is 11.0. The molecule has 0 saturated carbocycles. The number of imidazole rings is 1. The highest BCUT2D eigenvalue weighted by molar-refractivity contribution is 5.75. The average molecular weight is 244 g/mol. The summed E-state index contributed by atoms with van der Waals surface area (Å²) in [5, 5.41) is 0. The van der Waals surface area contributed by atoms with Crippen molar-refractivity contribution in [3.05, 3.63) is 66.0 Å². The number of benzene rings is 2. The van der Waals surface area contributed by atoms with Crippen molar-refractivity contribution in [2.75, 3.05) is 0 Å². The Balaban J connectivity index is 2.07. The molecule has 0 N–H and O–H groups in total. The molecule has 0 fully saturated rings. The summed E-state index contributed by atoms with van der Waals surface area (Å²) >= 11 is 0. The summed E-state index contributed by atoms with van der Waals surface area (Å²) in [5.74, 6) is -1.07. The lowest BCUT2D eigenvalue weighted by Crippen LogP contribution is -2.03. The molecule has 0 aliphatic heterocycles. The molecule has 1 aromatic heterocycles. The number of hydrogen-bond donors (Lipinski definition) is 0. The van der Waals surface area contributed by atoms with E-state index < -0.39 is 11.6 Å². The molecule has 0 spiro atoms. The van der Waals surface area contributed by atoms with Gasteiger partial charge in [0, 0.05) is 5.56 Å². The van der Waals surface area contributed by atoms with Crippen LogP contribution in [0, 0.1) is 11.6 Å². The molecule has 0 unspecified atom stereocenters. The Kier molecular flexibility index (Phi) is 2.55. The Bertz CT molecular complexity index is 684. The maximum absolute atomic E-state index is 13.6. The fourth-order valence-corrected chi connectivity index (χ4v) is 1.99. The van der Waals surface area contributed by atoms with Crippen LogP contribution in [0.15, 0.2) is 48.8 Å². The molecule has 0 atom stereocenters. The third-order valence-corrected chi connectivity index (χ3v) is 2.92. The van der Waals surface area contributed by atoms with Gasteiger partial charge >= 0.3 is 0 Å². The molecule has 90 valence electrons. The van der Waals surface area contributed by atoms with Gasteiger partial charge in [-0.1, -0.05) is 18.2 Å². The highest BCUT2D eigenvalue weighted by Crippen LogP contribution is 2.17. The van der Waals surface area contributed by atoms with Gasteiger partial charge in [-0.05, 0) is 24.3 Å². The molecule has 0 aliphatic carbocycles. The second-order valence-electron chi connectivity index (χ2n) is 4.06. The van der Waals surface area contributed by atoms with E-state index in [0.717, 1.165) is 11.0 Å². The van der Waals surface area contributed by atoms with Crippen LogP contribution in [-0.4, -0.2) is 9.55 Å². The Labute approximate surface area is 103 Å². The molecule has 3 aromatic rings. The first-order valence-electron chi connectivity index (χ1n) is 5.58. The number of para-hydroxylation sites is 2. The van der Waals surface area contributed by atoms with Crippen molar-refractivity contribution in [3.63, 3.8) is 0 Å². The number of rotatable bonds is 2. The number of hydrogen-bond acceptors (Lipinski definition) is 1. The highest BCUT2D eigenvalue weighted by Gasteiger charge is 2.10. The van der Waals surface area contributed by atoms with Gasteiger partial charge in [0.2, 0.25) is 0 Å². The van der Waals surface area contributed by atoms with E-state index in [1.165, 1.54) is 18.2 Å². The van der Waals surface area contributed by atoms with E-state index in [2.05, 4.69) is 4.98 Å². The van der Waals surface area contributed by atoms with Crippen molar-refractivity contribution >= 4 is 11.0 Å². The number of halogens is 2. The van der Waals surface area contributed by atoms with Gasteiger partial charge in [0.05, 0.1) is 23.9 Å². The smallest absolute Gasteiger partial charge is 0.131 e. The quantitative estimate of drug-likeness (QED) is 0.675. The van der Waals surface area contributed by atoms with Crippen molar-refractivity contribution in [3.8, 4) is 0 Å². The molecule has 0 radical (unpaired) electrons. The summed E-state index contributed by atoms with van der Waals surface area (Å²) in [5.41, 5.74) is 1.73. The van der Waals surface area contributed by atoms with E-state index >= 15 is 0 Å². The van der Waals surface area contributed by atoms with E-state index in [9.17, 15) is 8.78 Å². The monoisotopic (exact) mass is 244 g/mol. The van der Waals surface area contributed by atoms with Crippen molar-refractivity contribution in [1.82, 2.24) is 9.55 Å². The van der Waals surface area contributed by atoms with Crippen molar-refractivity contribution in [1.29, 1.82) is 0 Å². The van der Waals surface area contributed by atoms with E-state index in [4.69, 9.17) is 0 Å². The molecule has 0 saturated heterocycles. The first-order chi connectivity index (χ1) is 8.75. The summed E-state index contributed by atoms with van der Waals surface area (Å²) in [6.45, 7) is 0.138. The maximum Gasteiger partial charge on any atom is 0.131 e. The summed E-state index contributed by atoms with van der Waals surface area (Å²) in [4.78, 5) is 4.19. The first-order valence-corrected chi connectivity index (χ1v) is 5.58. The van der Waals surface area contributed by atoms with Crippen LogP contribution in [-0.2, 0) is 6.54 Å². The largest absolute Gasteiger partial charge is 0.326 e. The van der Waals surface area contributed by atoms with E-state index in [-0.39, 0.29) is 12.1 Å². The molecule has 0 aliphatic rings. The summed E-state index contributed by atoms with van der Waals surface area (Å²) < 4.78 is 28.9. The minimum Gasteiger partial charge on any atom is -0.326 e. The van der Waals surface area contributed by atoms with Crippen LogP contribution in [0.4, 0.5) is 8.78 Å². The van der Waals surface area contributed by atoms with Crippen molar-refractivity contribution in [2.45, 2.75) is 6.54 Å². The zero-order valence-corrected chi connectivity index (χ0v) is 9.48. The van der Waals surface area contributed by atoms with Crippen LogP contribution in [0.1, 0.15) is 5.56 Å². The van der Waals surface area contributed by atoms with Gasteiger partial charge in [-0.25, -0.2) is 13.8 Å². The molecule has 2 nitrogen and oxygen atoms in total. The fraction of sp³-hybridized carbons (Fsp3) is 0.0714. The molecule has 3 rings (SSSR count). The molecule has 4 heteroatoms. The molecular formula is C14H10F2N2. The second kappa shape index (κ2) is 4.22. The van der Waals surface area contributed by atoms with Crippen LogP contribution < -0.4 is 0 Å². The Morgan fingerprint density at radius 1 is 0.944 bits per heavy atom. The van der Waals surface area contributed by atoms with Gasteiger partial charge in [-0.3, -0.25) is 0 Å². The lowest BCUT2D eigenvalue weighted by Gasteiger charge is -2.06. The van der Waals surface area contributed by atoms with Gasteiger partial charge in [0.1, 0.15) is 11.6 Å². The van der Waals surface area contributed by atoms with Gasteiger partial charge in [-0.2, -0.15) is 0 Å². The standard InChI is InChI=1S/C14H10F2N2/c15-11-4-3-5-12(16)10(11)8-18-9-17-13-6-1-2-7-14(13)18/h1-7,9H,8H2. The van der Waals surface area contributed by atoms with Gasteiger partial charge in [0.25, 0.3) is 0 Å². The SMILES string of the molecule is Fc1cccc(F)c1Cn1cnc2ccccc21. The average Bonchev–Trinajstić information content (AvgIpc) is 2.77. The van der Waals surface area contributed by atoms with Gasteiger partial charge in [-0.15, -0.1) is 0 Å². The second-order valence-corrected chi connectivity index (χ2v) is 4.06.